The van der Waals surface area contributed by atoms with Crippen molar-refractivity contribution in [2.45, 2.75) is 0 Å². The number of nitrogens with one attached hydrogen (secondary N) is 1. The monoisotopic (exact) mass is 214 g/mol. The van der Waals surface area contributed by atoms with Gasteiger partial charge in [0.15, 0.2) is 5.43 Å². The van der Waals surface area contributed by atoms with E-state index in [1.54, 1.807) is 24.4 Å². The lowest BCUT2D eigenvalue weighted by Gasteiger charge is -2.01. The number of hydrogen-bond acceptors (Lipinski definition) is 2. The summed E-state index contributed by atoms with van der Waals surface area (Å²) in [4.78, 5) is 19.1. The van der Waals surface area contributed by atoms with Gasteiger partial charge >= 0.3 is 0 Å². The Morgan fingerprint density at radius 2 is 2.06 bits per heavy atom. The highest BCUT2D eigenvalue weighted by atomic mass is 19.1. The fourth-order valence-corrected chi connectivity index (χ4v) is 1.77. The molecule has 0 aliphatic carbocycles. The van der Waals surface area contributed by atoms with Crippen LogP contribution in [0.25, 0.3) is 21.9 Å². The van der Waals surface area contributed by atoms with E-state index in [1.165, 1.54) is 12.1 Å². The van der Waals surface area contributed by atoms with Gasteiger partial charge < -0.3 is 4.98 Å². The molecule has 3 nitrogen and oxygen atoms in total. The van der Waals surface area contributed by atoms with E-state index in [2.05, 4.69) is 9.97 Å². The molecule has 0 aliphatic rings. The lowest BCUT2D eigenvalue weighted by atomic mass is 10.1. The molecule has 0 unspecified atom stereocenters. The number of pyridine rings is 2. The van der Waals surface area contributed by atoms with Gasteiger partial charge in [0, 0.05) is 11.6 Å². The summed E-state index contributed by atoms with van der Waals surface area (Å²) in [5, 5.41) is 0.820. The van der Waals surface area contributed by atoms with Gasteiger partial charge in [-0.15, -0.1) is 0 Å². The summed E-state index contributed by atoms with van der Waals surface area (Å²) >= 11 is 0. The third kappa shape index (κ3) is 1.20. The molecule has 1 aromatic carbocycles. The quantitative estimate of drug-likeness (QED) is 0.583. The summed E-state index contributed by atoms with van der Waals surface area (Å²) in [6.45, 7) is 0. The highest BCUT2D eigenvalue weighted by molar-refractivity contribution is 5.90. The molecule has 1 N–H and O–H groups in total. The van der Waals surface area contributed by atoms with Gasteiger partial charge in [0.25, 0.3) is 0 Å². The highest BCUT2D eigenvalue weighted by Gasteiger charge is 2.05. The Hall–Kier alpha value is -2.23. The third-order valence-corrected chi connectivity index (χ3v) is 2.53. The molecular formula is C12H7FN2O. The highest BCUT2D eigenvalue weighted by Crippen LogP contribution is 2.13. The van der Waals surface area contributed by atoms with Crippen LogP contribution >= 0.6 is 0 Å². The minimum atomic E-state index is -0.416. The lowest BCUT2D eigenvalue weighted by Crippen LogP contribution is -2.05. The minimum absolute atomic E-state index is 0.198. The molecule has 0 spiro atoms. The molecule has 2 heterocycles. The summed E-state index contributed by atoms with van der Waals surface area (Å²) in [6.07, 6.45) is 1.60. The van der Waals surface area contributed by atoms with Crippen molar-refractivity contribution in [3.63, 3.8) is 0 Å². The molecule has 16 heavy (non-hydrogen) atoms. The number of rotatable bonds is 0. The van der Waals surface area contributed by atoms with E-state index in [1.807, 2.05) is 0 Å². The van der Waals surface area contributed by atoms with Crippen LogP contribution in [0.15, 0.2) is 41.3 Å². The smallest absolute Gasteiger partial charge is 0.198 e. The zero-order valence-electron chi connectivity index (χ0n) is 8.20. The van der Waals surface area contributed by atoms with E-state index in [0.29, 0.717) is 21.9 Å². The van der Waals surface area contributed by atoms with Crippen molar-refractivity contribution in [3.05, 3.63) is 52.6 Å². The fourth-order valence-electron chi connectivity index (χ4n) is 1.77. The van der Waals surface area contributed by atoms with Crippen LogP contribution in [0, 0.1) is 5.82 Å². The first-order valence-electron chi connectivity index (χ1n) is 4.82. The van der Waals surface area contributed by atoms with Crippen LogP contribution in [0.2, 0.25) is 0 Å². The zero-order chi connectivity index (χ0) is 11.1. The topological polar surface area (TPSA) is 45.8 Å². The van der Waals surface area contributed by atoms with Crippen LogP contribution in [0.1, 0.15) is 0 Å². The van der Waals surface area contributed by atoms with Crippen molar-refractivity contribution < 1.29 is 4.39 Å². The second-order valence-corrected chi connectivity index (χ2v) is 3.54. The summed E-state index contributed by atoms with van der Waals surface area (Å²) in [5.74, 6) is -0.416. The second-order valence-electron chi connectivity index (χ2n) is 3.54. The van der Waals surface area contributed by atoms with E-state index in [9.17, 15) is 9.18 Å². The first-order valence-corrected chi connectivity index (χ1v) is 4.82. The summed E-state index contributed by atoms with van der Waals surface area (Å²) in [6, 6.07) is 7.45. The number of nitrogens with zero attached hydrogens (tertiary/aromatic N) is 1. The predicted molar refractivity (Wildman–Crippen MR) is 59.8 cm³/mol. The maximum absolute atomic E-state index is 13.0. The van der Waals surface area contributed by atoms with Gasteiger partial charge in [0.2, 0.25) is 0 Å². The largest absolute Gasteiger partial charge is 0.339 e. The molecule has 0 amide bonds. The second kappa shape index (κ2) is 3.13. The maximum Gasteiger partial charge on any atom is 0.198 e. The van der Waals surface area contributed by atoms with Crippen molar-refractivity contribution >= 4 is 21.9 Å². The number of fused-ring (bicyclic) bond motifs is 2. The van der Waals surface area contributed by atoms with Crippen molar-refractivity contribution in [1.29, 1.82) is 0 Å². The standard InChI is InChI=1S/C12H7FN2O/c13-7-3-4-10-9(6-7)11(16)8-2-1-5-14-12(8)15-10/h1-6H,(H,14,15,16). The van der Waals surface area contributed by atoms with E-state index in [-0.39, 0.29) is 5.43 Å². The molecule has 3 rings (SSSR count). The Labute approximate surface area is 89.6 Å². The van der Waals surface area contributed by atoms with E-state index < -0.39 is 5.82 Å². The van der Waals surface area contributed by atoms with Crippen LogP contribution < -0.4 is 5.43 Å². The molecule has 3 aromatic rings. The summed E-state index contributed by atoms with van der Waals surface area (Å²) < 4.78 is 13.0. The molecule has 0 saturated carbocycles. The average molecular weight is 214 g/mol. The predicted octanol–water partition coefficient (Wildman–Crippen LogP) is 2.22. The first-order chi connectivity index (χ1) is 7.75. The van der Waals surface area contributed by atoms with Crippen LogP contribution in [0.4, 0.5) is 4.39 Å². The van der Waals surface area contributed by atoms with Crippen molar-refractivity contribution in [1.82, 2.24) is 9.97 Å². The Morgan fingerprint density at radius 3 is 2.94 bits per heavy atom. The summed E-state index contributed by atoms with van der Waals surface area (Å²) in [7, 11) is 0. The Bertz CT molecular complexity index is 749. The molecule has 78 valence electrons. The number of H-pyrrole nitrogens is 1. The lowest BCUT2D eigenvalue weighted by molar-refractivity contribution is 0.629. The van der Waals surface area contributed by atoms with E-state index in [0.717, 1.165) is 0 Å². The number of hydrogen-bond donors (Lipinski definition) is 1. The fraction of sp³-hybridized carbons (Fsp3) is 0. The molecule has 0 radical (unpaired) electrons. The van der Waals surface area contributed by atoms with Crippen LogP contribution in [-0.4, -0.2) is 9.97 Å². The van der Waals surface area contributed by atoms with Gasteiger partial charge in [0.05, 0.1) is 10.9 Å². The van der Waals surface area contributed by atoms with Crippen LogP contribution in [-0.2, 0) is 0 Å². The van der Waals surface area contributed by atoms with Gasteiger partial charge in [-0.3, -0.25) is 4.79 Å². The molecule has 2 aromatic heterocycles. The van der Waals surface area contributed by atoms with E-state index in [4.69, 9.17) is 0 Å². The third-order valence-electron chi connectivity index (χ3n) is 2.53. The SMILES string of the molecule is O=c1c2cc(F)ccc2[nH]c2ncccc12. The van der Waals surface area contributed by atoms with Crippen LogP contribution in [0.3, 0.4) is 0 Å². The molecule has 0 fully saturated rings. The van der Waals surface area contributed by atoms with Crippen molar-refractivity contribution in [3.8, 4) is 0 Å². The molecule has 0 atom stereocenters. The molecular weight excluding hydrogens is 207 g/mol. The van der Waals surface area contributed by atoms with Crippen molar-refractivity contribution in [2.75, 3.05) is 0 Å². The Morgan fingerprint density at radius 1 is 1.19 bits per heavy atom. The van der Waals surface area contributed by atoms with Gasteiger partial charge in [-0.05, 0) is 30.3 Å². The summed E-state index contributed by atoms with van der Waals surface area (Å²) in [5.41, 5.74) is 0.917. The van der Waals surface area contributed by atoms with Gasteiger partial charge in [0.1, 0.15) is 11.5 Å². The minimum Gasteiger partial charge on any atom is -0.339 e. The number of halogens is 1. The first kappa shape index (κ1) is 9.03. The van der Waals surface area contributed by atoms with Crippen LogP contribution in [0.5, 0.6) is 0 Å². The van der Waals surface area contributed by atoms with Gasteiger partial charge in [-0.1, -0.05) is 0 Å². The number of aromatic nitrogens is 2. The van der Waals surface area contributed by atoms with Gasteiger partial charge in [-0.2, -0.15) is 0 Å². The Kier molecular flexibility index (Phi) is 1.77. The van der Waals surface area contributed by atoms with E-state index >= 15 is 0 Å². The molecule has 0 saturated heterocycles. The molecule has 0 aliphatic heterocycles. The average Bonchev–Trinajstić information content (AvgIpc) is 2.31. The molecule has 4 heteroatoms. The van der Waals surface area contributed by atoms with Crippen molar-refractivity contribution in [2.24, 2.45) is 0 Å². The number of aromatic amines is 1. The van der Waals surface area contributed by atoms with Gasteiger partial charge in [-0.25, -0.2) is 9.37 Å². The number of benzene rings is 1. The Balaban J connectivity index is 2.61. The zero-order valence-corrected chi connectivity index (χ0v) is 8.20. The maximum atomic E-state index is 13.0. The molecule has 0 bridgehead atoms. The normalized spacial score (nSPS) is 11.1.